The van der Waals surface area contributed by atoms with Crippen LogP contribution in [0.25, 0.3) is 6.08 Å². The van der Waals surface area contributed by atoms with Crippen LogP contribution >= 0.6 is 11.3 Å². The van der Waals surface area contributed by atoms with E-state index in [2.05, 4.69) is 24.6 Å². The van der Waals surface area contributed by atoms with Gasteiger partial charge in [-0.25, -0.2) is 4.98 Å². The molecule has 2 N–H and O–H groups in total. The van der Waals surface area contributed by atoms with Gasteiger partial charge in [0.05, 0.1) is 34.7 Å². The zero-order valence-corrected chi connectivity index (χ0v) is 23.4. The third kappa shape index (κ3) is 8.22. The van der Waals surface area contributed by atoms with Crippen molar-refractivity contribution in [2.24, 2.45) is 17.3 Å². The first-order chi connectivity index (χ1) is 16.9. The van der Waals surface area contributed by atoms with Gasteiger partial charge in [0.2, 0.25) is 0 Å². The van der Waals surface area contributed by atoms with Gasteiger partial charge in [-0.2, -0.15) is 0 Å². The molecule has 5 atom stereocenters. The number of carbonyl (C=O) groups excluding carboxylic acids is 2. The first-order valence-electron chi connectivity index (χ1n) is 12.8. The molecule has 0 radical (unpaired) electrons. The van der Waals surface area contributed by atoms with E-state index < -0.39 is 35.6 Å². The molecule has 6 nitrogen and oxygen atoms in total. The molecule has 0 spiro atoms. The van der Waals surface area contributed by atoms with Crippen molar-refractivity contribution >= 4 is 29.2 Å². The van der Waals surface area contributed by atoms with Crippen molar-refractivity contribution in [2.75, 3.05) is 0 Å². The van der Waals surface area contributed by atoms with E-state index in [1.165, 1.54) is 5.57 Å². The van der Waals surface area contributed by atoms with Gasteiger partial charge in [0.1, 0.15) is 11.9 Å². The van der Waals surface area contributed by atoms with Gasteiger partial charge in [0.25, 0.3) is 0 Å². The highest BCUT2D eigenvalue weighted by Gasteiger charge is 2.43. The minimum absolute atomic E-state index is 0.0861. The lowest BCUT2D eigenvalue weighted by Crippen LogP contribution is -2.46. The highest BCUT2D eigenvalue weighted by atomic mass is 32.1. The molecule has 200 valence electrons. The second kappa shape index (κ2) is 13.5. The van der Waals surface area contributed by atoms with Gasteiger partial charge in [0, 0.05) is 17.7 Å². The fraction of sp³-hybridized carbons (Fsp3) is 0.621. The third-order valence-corrected chi connectivity index (χ3v) is 8.08. The van der Waals surface area contributed by atoms with Crippen LogP contribution in [0.2, 0.25) is 0 Å². The summed E-state index contributed by atoms with van der Waals surface area (Å²) >= 11 is 1.56. The molecule has 1 aromatic heterocycles. The van der Waals surface area contributed by atoms with Crippen LogP contribution in [0, 0.1) is 24.2 Å². The van der Waals surface area contributed by atoms with Gasteiger partial charge in [-0.3, -0.25) is 9.59 Å². The molecule has 0 aliphatic carbocycles. The minimum atomic E-state index is -1.25. The Balaban J connectivity index is 2.37. The number of hydrogen-bond donors (Lipinski definition) is 2. The number of Topliss-reactive ketones (excluding diaryl/α,β-unsaturated/α-hetero) is 1. The summed E-state index contributed by atoms with van der Waals surface area (Å²) < 4.78 is 5.84. The van der Waals surface area contributed by atoms with Gasteiger partial charge in [-0.15, -0.1) is 17.9 Å². The maximum atomic E-state index is 13.5. The van der Waals surface area contributed by atoms with Crippen LogP contribution in [0.4, 0.5) is 0 Å². The van der Waals surface area contributed by atoms with E-state index in [1.54, 1.807) is 31.3 Å². The zero-order chi connectivity index (χ0) is 27.0. The fourth-order valence-electron chi connectivity index (χ4n) is 4.62. The number of rotatable bonds is 4. The van der Waals surface area contributed by atoms with Gasteiger partial charge >= 0.3 is 5.97 Å². The van der Waals surface area contributed by atoms with Gasteiger partial charge in [0.15, 0.2) is 0 Å². The maximum Gasteiger partial charge on any atom is 0.309 e. The number of ether oxygens (including phenoxy) is 1. The Morgan fingerprint density at radius 3 is 2.61 bits per heavy atom. The first kappa shape index (κ1) is 30.1. The third-order valence-electron chi connectivity index (χ3n) is 7.29. The number of carbonyl (C=O) groups is 2. The Morgan fingerprint density at radius 1 is 1.31 bits per heavy atom. The van der Waals surface area contributed by atoms with Crippen molar-refractivity contribution in [3.05, 3.63) is 46.0 Å². The average molecular weight is 518 g/mol. The van der Waals surface area contributed by atoms with E-state index in [-0.39, 0.29) is 18.1 Å². The van der Waals surface area contributed by atoms with Crippen molar-refractivity contribution in [3.63, 3.8) is 0 Å². The number of ketones is 1. The summed E-state index contributed by atoms with van der Waals surface area (Å²) in [5.74, 6) is -1.61. The maximum absolute atomic E-state index is 13.5. The summed E-state index contributed by atoms with van der Waals surface area (Å²) in [7, 11) is 0. The van der Waals surface area contributed by atoms with Crippen molar-refractivity contribution < 1.29 is 24.5 Å². The van der Waals surface area contributed by atoms with Crippen molar-refractivity contribution in [1.82, 2.24) is 4.98 Å². The van der Waals surface area contributed by atoms with Crippen LogP contribution in [0.15, 0.2) is 35.3 Å². The van der Waals surface area contributed by atoms with Crippen LogP contribution in [0.3, 0.4) is 0 Å². The van der Waals surface area contributed by atoms with Crippen molar-refractivity contribution in [3.8, 4) is 0 Å². The normalized spacial score (nSPS) is 30.8. The number of aromatic nitrogens is 1. The van der Waals surface area contributed by atoms with E-state index in [9.17, 15) is 19.8 Å². The average Bonchev–Trinajstić information content (AvgIpc) is 3.22. The SMILES string of the molecule is C=CC[C@H]1C(=O)C(C)(C)[C@H](O)CC(=O)O[C@H](/C(C)=C/c2csc(C)n2)C/C=C(/C)CCC[C@@H](C)[C@@H]1O. The van der Waals surface area contributed by atoms with E-state index in [0.717, 1.165) is 35.5 Å². The second-order valence-electron chi connectivity index (χ2n) is 10.7. The predicted molar refractivity (Wildman–Crippen MR) is 145 cm³/mol. The summed E-state index contributed by atoms with van der Waals surface area (Å²) in [4.78, 5) is 30.9. The summed E-state index contributed by atoms with van der Waals surface area (Å²) in [6, 6.07) is 0. The number of esters is 1. The molecule has 0 bridgehead atoms. The molecule has 2 heterocycles. The second-order valence-corrected chi connectivity index (χ2v) is 11.8. The van der Waals surface area contributed by atoms with Crippen LogP contribution < -0.4 is 0 Å². The van der Waals surface area contributed by atoms with E-state index in [4.69, 9.17) is 4.74 Å². The Morgan fingerprint density at radius 2 is 2.00 bits per heavy atom. The molecule has 0 aromatic carbocycles. The molecular weight excluding hydrogens is 474 g/mol. The summed E-state index contributed by atoms with van der Waals surface area (Å²) in [6.07, 6.45) is 6.08. The molecule has 1 aliphatic rings. The minimum Gasteiger partial charge on any atom is -0.457 e. The molecule has 36 heavy (non-hydrogen) atoms. The van der Waals surface area contributed by atoms with E-state index >= 15 is 0 Å². The number of aliphatic hydroxyl groups is 2. The van der Waals surface area contributed by atoms with Gasteiger partial charge < -0.3 is 14.9 Å². The van der Waals surface area contributed by atoms with E-state index in [0.29, 0.717) is 12.8 Å². The van der Waals surface area contributed by atoms with Crippen molar-refractivity contribution in [2.45, 2.75) is 98.4 Å². The van der Waals surface area contributed by atoms with Gasteiger partial charge in [-0.05, 0) is 64.0 Å². The number of thiazole rings is 1. The largest absolute Gasteiger partial charge is 0.457 e. The zero-order valence-electron chi connectivity index (χ0n) is 22.6. The molecule has 0 saturated carbocycles. The van der Waals surface area contributed by atoms with E-state index in [1.807, 2.05) is 32.2 Å². The quantitative estimate of drug-likeness (QED) is 0.386. The Hall–Kier alpha value is -2.09. The highest BCUT2D eigenvalue weighted by molar-refractivity contribution is 7.09. The molecular formula is C29H43NO5S. The monoisotopic (exact) mass is 517 g/mol. The van der Waals surface area contributed by atoms with Crippen LogP contribution in [0.5, 0.6) is 0 Å². The molecule has 1 aromatic rings. The Kier molecular flexibility index (Phi) is 11.3. The standard InChI is InChI=1S/C29H43NO5S/c1-8-10-23-27(33)19(3)12-9-11-18(2)13-14-24(20(4)15-22-17-36-21(5)30-22)35-26(32)16-25(31)29(6,7)28(23)34/h8,13,15,17,19,23-25,27,31,33H,1,9-12,14,16H2,2-7H3/b18-13-,20-15+/t19-,23-,24+,25-,27+/m1/s1. The number of cyclic esters (lactones) is 1. The van der Waals surface area contributed by atoms with Crippen molar-refractivity contribution in [1.29, 1.82) is 0 Å². The molecule has 1 aliphatic heterocycles. The summed E-state index contributed by atoms with van der Waals surface area (Å²) in [6.45, 7) is 14.9. The summed E-state index contributed by atoms with van der Waals surface area (Å²) in [5.41, 5.74) is 1.64. The lowest BCUT2D eigenvalue weighted by Gasteiger charge is -2.35. The number of aryl methyl sites for hydroxylation is 1. The van der Waals surface area contributed by atoms with Crippen LogP contribution in [-0.2, 0) is 14.3 Å². The smallest absolute Gasteiger partial charge is 0.309 e. The molecule has 0 saturated heterocycles. The molecule has 0 fully saturated rings. The van der Waals surface area contributed by atoms with Crippen LogP contribution in [-0.4, -0.2) is 45.3 Å². The Bertz CT molecular complexity index is 976. The fourth-order valence-corrected chi connectivity index (χ4v) is 5.19. The molecule has 2 rings (SSSR count). The molecule has 0 unspecified atom stereocenters. The lowest BCUT2D eigenvalue weighted by molar-refractivity contribution is -0.154. The van der Waals surface area contributed by atoms with Gasteiger partial charge in [-0.1, -0.05) is 38.5 Å². The predicted octanol–water partition coefficient (Wildman–Crippen LogP) is 5.82. The van der Waals surface area contributed by atoms with Crippen LogP contribution in [0.1, 0.15) is 83.8 Å². The number of hydrogen-bond acceptors (Lipinski definition) is 7. The number of nitrogens with zero attached hydrogens (tertiary/aromatic N) is 1. The summed E-state index contributed by atoms with van der Waals surface area (Å²) in [5, 5.41) is 24.9. The lowest BCUT2D eigenvalue weighted by atomic mass is 9.71. The highest BCUT2D eigenvalue weighted by Crippen LogP contribution is 2.34. The number of allylic oxidation sites excluding steroid dienone is 2. The molecule has 0 amide bonds. The number of aliphatic hydroxyl groups excluding tert-OH is 2. The Labute approximate surface area is 220 Å². The molecule has 7 heteroatoms. The first-order valence-corrected chi connectivity index (χ1v) is 13.7. The topological polar surface area (TPSA) is 96.7 Å².